The molecule has 116 valence electrons. The lowest BCUT2D eigenvalue weighted by Crippen LogP contribution is -2.20. The molecule has 0 saturated carbocycles. The number of aryl methyl sites for hydroxylation is 3. The number of carbonyl (C=O) groups is 2. The molecule has 1 heterocycles. The molecule has 2 aromatic rings. The number of rotatable bonds is 6. The summed E-state index contributed by atoms with van der Waals surface area (Å²) in [7, 11) is 0. The average molecular weight is 301 g/mol. The molecule has 2 N–H and O–H groups in total. The largest absolute Gasteiger partial charge is 0.481 e. The van der Waals surface area contributed by atoms with Gasteiger partial charge in [0.2, 0.25) is 5.91 Å². The SMILES string of the molecule is Cc1cc(C)n(CC(=O)Nc2ccc(CCC(=O)O)cc2)n1. The first-order valence-corrected chi connectivity index (χ1v) is 7.05. The number of carboxylic acid groups (broad SMARTS) is 1. The van der Waals surface area contributed by atoms with Crippen molar-refractivity contribution in [3.05, 3.63) is 47.3 Å². The van der Waals surface area contributed by atoms with E-state index in [0.717, 1.165) is 17.0 Å². The van der Waals surface area contributed by atoms with Crippen LogP contribution in [0, 0.1) is 13.8 Å². The van der Waals surface area contributed by atoms with E-state index in [1.54, 1.807) is 16.8 Å². The summed E-state index contributed by atoms with van der Waals surface area (Å²) in [4.78, 5) is 22.5. The van der Waals surface area contributed by atoms with Gasteiger partial charge in [-0.1, -0.05) is 12.1 Å². The maximum atomic E-state index is 12.0. The second kappa shape index (κ2) is 6.89. The third-order valence-electron chi connectivity index (χ3n) is 3.26. The molecule has 0 spiro atoms. The molecule has 1 amide bonds. The van der Waals surface area contributed by atoms with Crippen molar-refractivity contribution < 1.29 is 14.7 Å². The van der Waals surface area contributed by atoms with Gasteiger partial charge in [0.1, 0.15) is 6.54 Å². The fourth-order valence-corrected chi connectivity index (χ4v) is 2.18. The first-order chi connectivity index (χ1) is 10.4. The molecule has 1 aromatic heterocycles. The lowest BCUT2D eigenvalue weighted by Gasteiger charge is -2.07. The zero-order chi connectivity index (χ0) is 16.1. The number of amides is 1. The highest BCUT2D eigenvalue weighted by Crippen LogP contribution is 2.11. The maximum Gasteiger partial charge on any atom is 0.303 e. The molecular weight excluding hydrogens is 282 g/mol. The topological polar surface area (TPSA) is 84.2 Å². The van der Waals surface area contributed by atoms with Crippen LogP contribution in [0.1, 0.15) is 23.4 Å². The van der Waals surface area contributed by atoms with Gasteiger partial charge in [0.05, 0.1) is 5.69 Å². The Bertz CT molecular complexity index is 674. The van der Waals surface area contributed by atoms with Crippen molar-refractivity contribution in [2.24, 2.45) is 0 Å². The summed E-state index contributed by atoms with van der Waals surface area (Å²) in [6.07, 6.45) is 0.582. The summed E-state index contributed by atoms with van der Waals surface area (Å²) >= 11 is 0. The van der Waals surface area contributed by atoms with E-state index in [2.05, 4.69) is 10.4 Å². The summed E-state index contributed by atoms with van der Waals surface area (Å²) in [6, 6.07) is 9.11. The summed E-state index contributed by atoms with van der Waals surface area (Å²) in [5, 5.41) is 15.7. The van der Waals surface area contributed by atoms with Gasteiger partial charge < -0.3 is 10.4 Å². The molecule has 6 heteroatoms. The molecule has 0 atom stereocenters. The molecule has 1 aromatic carbocycles. The normalized spacial score (nSPS) is 10.5. The minimum Gasteiger partial charge on any atom is -0.481 e. The van der Waals surface area contributed by atoms with Gasteiger partial charge in [-0.3, -0.25) is 14.3 Å². The Kier molecular flexibility index (Phi) is 4.93. The third-order valence-corrected chi connectivity index (χ3v) is 3.26. The van der Waals surface area contributed by atoms with Crippen LogP contribution in [0.4, 0.5) is 5.69 Å². The number of anilines is 1. The minimum atomic E-state index is -0.817. The highest BCUT2D eigenvalue weighted by molar-refractivity contribution is 5.90. The second-order valence-corrected chi connectivity index (χ2v) is 5.22. The van der Waals surface area contributed by atoms with Crippen molar-refractivity contribution in [3.63, 3.8) is 0 Å². The van der Waals surface area contributed by atoms with Crippen LogP contribution in [-0.2, 0) is 22.6 Å². The van der Waals surface area contributed by atoms with E-state index in [1.807, 2.05) is 32.0 Å². The summed E-state index contributed by atoms with van der Waals surface area (Å²) in [6.45, 7) is 3.96. The summed E-state index contributed by atoms with van der Waals surface area (Å²) < 4.78 is 1.66. The van der Waals surface area contributed by atoms with Crippen LogP contribution in [0.15, 0.2) is 30.3 Å². The first kappa shape index (κ1) is 15.8. The number of benzene rings is 1. The zero-order valence-corrected chi connectivity index (χ0v) is 12.7. The number of aliphatic carboxylic acids is 1. The Labute approximate surface area is 128 Å². The maximum absolute atomic E-state index is 12.0. The van der Waals surface area contributed by atoms with Gasteiger partial charge >= 0.3 is 5.97 Å². The molecule has 0 fully saturated rings. The Morgan fingerprint density at radius 2 is 1.91 bits per heavy atom. The minimum absolute atomic E-state index is 0.101. The van der Waals surface area contributed by atoms with Crippen molar-refractivity contribution in [3.8, 4) is 0 Å². The highest BCUT2D eigenvalue weighted by atomic mass is 16.4. The van der Waals surface area contributed by atoms with Crippen LogP contribution in [0.25, 0.3) is 0 Å². The van der Waals surface area contributed by atoms with Crippen molar-refractivity contribution in [1.82, 2.24) is 9.78 Å². The van der Waals surface area contributed by atoms with E-state index < -0.39 is 5.97 Å². The molecule has 0 aliphatic carbocycles. The Balaban J connectivity index is 1.91. The number of nitrogens with zero attached hydrogens (tertiary/aromatic N) is 2. The Morgan fingerprint density at radius 1 is 1.23 bits per heavy atom. The standard InChI is InChI=1S/C16H19N3O3/c1-11-9-12(2)19(18-11)10-15(20)17-14-6-3-13(4-7-14)5-8-16(21)22/h3-4,6-7,9H,5,8,10H2,1-2H3,(H,17,20)(H,21,22). The monoisotopic (exact) mass is 301 g/mol. The molecule has 6 nitrogen and oxygen atoms in total. The predicted molar refractivity (Wildman–Crippen MR) is 82.7 cm³/mol. The van der Waals surface area contributed by atoms with Crippen LogP contribution in [0.5, 0.6) is 0 Å². The summed E-state index contributed by atoms with van der Waals surface area (Å²) in [5.74, 6) is -0.966. The number of carboxylic acids is 1. The van der Waals surface area contributed by atoms with Crippen LogP contribution in [0.2, 0.25) is 0 Å². The van der Waals surface area contributed by atoms with Gasteiger partial charge in [-0.25, -0.2) is 0 Å². The zero-order valence-electron chi connectivity index (χ0n) is 12.7. The van der Waals surface area contributed by atoms with Crippen molar-refractivity contribution in [2.75, 3.05) is 5.32 Å². The van der Waals surface area contributed by atoms with Crippen molar-refractivity contribution in [1.29, 1.82) is 0 Å². The molecular formula is C16H19N3O3. The van der Waals surface area contributed by atoms with E-state index in [1.165, 1.54) is 0 Å². The molecule has 0 aliphatic heterocycles. The van der Waals surface area contributed by atoms with E-state index >= 15 is 0 Å². The predicted octanol–water partition coefficient (Wildman–Crippen LogP) is 2.16. The smallest absolute Gasteiger partial charge is 0.303 e. The van der Waals surface area contributed by atoms with E-state index in [0.29, 0.717) is 12.1 Å². The fraction of sp³-hybridized carbons (Fsp3) is 0.312. The van der Waals surface area contributed by atoms with Crippen LogP contribution < -0.4 is 5.32 Å². The second-order valence-electron chi connectivity index (χ2n) is 5.22. The number of aromatic nitrogens is 2. The molecule has 22 heavy (non-hydrogen) atoms. The third kappa shape index (κ3) is 4.44. The van der Waals surface area contributed by atoms with Crippen LogP contribution in [0.3, 0.4) is 0 Å². The number of nitrogens with one attached hydrogen (secondary N) is 1. The highest BCUT2D eigenvalue weighted by Gasteiger charge is 2.07. The molecule has 0 saturated heterocycles. The van der Waals surface area contributed by atoms with Gasteiger partial charge in [0, 0.05) is 17.8 Å². The number of hydrogen-bond acceptors (Lipinski definition) is 3. The Hall–Kier alpha value is -2.63. The van der Waals surface area contributed by atoms with E-state index in [4.69, 9.17) is 5.11 Å². The van der Waals surface area contributed by atoms with Crippen LogP contribution in [-0.4, -0.2) is 26.8 Å². The summed E-state index contributed by atoms with van der Waals surface area (Å²) in [5.41, 5.74) is 3.44. The molecule has 0 radical (unpaired) electrons. The lowest BCUT2D eigenvalue weighted by atomic mass is 10.1. The molecule has 0 unspecified atom stereocenters. The van der Waals surface area contributed by atoms with Gasteiger partial charge in [0.25, 0.3) is 0 Å². The van der Waals surface area contributed by atoms with Gasteiger partial charge in [0.15, 0.2) is 0 Å². The van der Waals surface area contributed by atoms with Crippen molar-refractivity contribution in [2.45, 2.75) is 33.2 Å². The van der Waals surface area contributed by atoms with Gasteiger partial charge in [-0.05, 0) is 44.0 Å². The van der Waals surface area contributed by atoms with Crippen LogP contribution >= 0.6 is 0 Å². The lowest BCUT2D eigenvalue weighted by molar-refractivity contribution is -0.137. The number of hydrogen-bond donors (Lipinski definition) is 2. The fourth-order valence-electron chi connectivity index (χ4n) is 2.18. The molecule has 0 bridgehead atoms. The van der Waals surface area contributed by atoms with E-state index in [-0.39, 0.29) is 18.9 Å². The van der Waals surface area contributed by atoms with E-state index in [9.17, 15) is 9.59 Å². The first-order valence-electron chi connectivity index (χ1n) is 7.05. The van der Waals surface area contributed by atoms with Gasteiger partial charge in [-0.2, -0.15) is 5.10 Å². The van der Waals surface area contributed by atoms with Gasteiger partial charge in [-0.15, -0.1) is 0 Å². The quantitative estimate of drug-likeness (QED) is 0.856. The number of carbonyl (C=O) groups excluding carboxylic acids is 1. The Morgan fingerprint density at radius 3 is 2.45 bits per heavy atom. The molecule has 2 rings (SSSR count). The average Bonchev–Trinajstić information content (AvgIpc) is 2.76. The van der Waals surface area contributed by atoms with Crippen molar-refractivity contribution >= 4 is 17.6 Å². The molecule has 0 aliphatic rings.